The second-order valence-electron chi connectivity index (χ2n) is 11.7. The number of amides is 2. The zero-order valence-corrected chi connectivity index (χ0v) is 26.1. The molecule has 5 aromatic rings. The third-order valence-electron chi connectivity index (χ3n) is 8.78. The molecule has 1 aliphatic heterocycles. The van der Waals surface area contributed by atoms with Gasteiger partial charge in [0, 0.05) is 35.6 Å². The van der Waals surface area contributed by atoms with Gasteiger partial charge in [0.15, 0.2) is 5.60 Å². The molecule has 0 aliphatic carbocycles. The molecule has 3 atom stereocenters. The fourth-order valence-corrected chi connectivity index (χ4v) is 6.15. The quantitative estimate of drug-likeness (QED) is 0.128. The van der Waals surface area contributed by atoms with Crippen molar-refractivity contribution in [3.63, 3.8) is 0 Å². The van der Waals surface area contributed by atoms with Crippen molar-refractivity contribution in [3.8, 4) is 0 Å². The molecular formula is C38H37N5O4. The fraction of sp³-hybridized carbons (Fsp3) is 0.211. The first kappa shape index (κ1) is 31.6. The number of para-hydroxylation sites is 2. The monoisotopic (exact) mass is 627 g/mol. The molecule has 0 saturated carbocycles. The highest BCUT2D eigenvalue weighted by Gasteiger charge is 2.52. The Kier molecular flexibility index (Phi) is 9.37. The van der Waals surface area contributed by atoms with Crippen LogP contribution in [0, 0.1) is 5.92 Å². The molecule has 4 aromatic carbocycles. The number of rotatable bonds is 13. The average Bonchev–Trinajstić information content (AvgIpc) is 3.66. The van der Waals surface area contributed by atoms with E-state index >= 15 is 0 Å². The second kappa shape index (κ2) is 13.9. The van der Waals surface area contributed by atoms with Gasteiger partial charge in [-0.15, -0.1) is 5.10 Å². The molecule has 2 heterocycles. The molecule has 238 valence electrons. The number of aliphatic hydroxyl groups is 2. The largest absolute Gasteiger partial charge is 0.395 e. The van der Waals surface area contributed by atoms with Crippen LogP contribution in [0.15, 0.2) is 128 Å². The van der Waals surface area contributed by atoms with Gasteiger partial charge in [0.05, 0.1) is 30.5 Å². The lowest BCUT2D eigenvalue weighted by Crippen LogP contribution is -2.44. The zero-order chi connectivity index (χ0) is 32.8. The standard InChI is InChI=1S/C38H37N5O4/c1-28(12-10-11-23-41-25-35(39-40-41)33(26-44)30-13-4-2-5-14-30)38(47)34-17-8-9-18-36(34)42(37(38)46)24-29-19-21-32(22-20-29)43(27-45)31-15-6-3-7-16-31/h2-10,12-22,25,27-28,33,44,47H,11,23-24,26H2,1H3/b12-10+/t28-,33?,38+/m1/s1. The Labute approximate surface area is 274 Å². The number of aromatic nitrogens is 3. The van der Waals surface area contributed by atoms with Crippen LogP contribution in [0.5, 0.6) is 0 Å². The van der Waals surface area contributed by atoms with Crippen LogP contribution in [0.2, 0.25) is 0 Å². The van der Waals surface area contributed by atoms with Crippen LogP contribution in [0.3, 0.4) is 0 Å². The molecule has 0 radical (unpaired) electrons. The van der Waals surface area contributed by atoms with Gasteiger partial charge >= 0.3 is 0 Å². The molecule has 1 aromatic heterocycles. The summed E-state index contributed by atoms with van der Waals surface area (Å²) in [7, 11) is 0. The molecule has 0 saturated heterocycles. The highest BCUT2D eigenvalue weighted by molar-refractivity contribution is 6.07. The molecule has 0 fully saturated rings. The van der Waals surface area contributed by atoms with E-state index in [1.807, 2.05) is 134 Å². The predicted octanol–water partition coefficient (Wildman–Crippen LogP) is 5.71. The predicted molar refractivity (Wildman–Crippen MR) is 181 cm³/mol. The van der Waals surface area contributed by atoms with Crippen LogP contribution in [-0.2, 0) is 28.3 Å². The van der Waals surface area contributed by atoms with E-state index in [4.69, 9.17) is 0 Å². The molecule has 9 nitrogen and oxygen atoms in total. The van der Waals surface area contributed by atoms with Gasteiger partial charge in [0.25, 0.3) is 5.91 Å². The summed E-state index contributed by atoms with van der Waals surface area (Å²) in [4.78, 5) is 29.0. The van der Waals surface area contributed by atoms with Crippen molar-refractivity contribution in [1.82, 2.24) is 15.0 Å². The first-order valence-corrected chi connectivity index (χ1v) is 15.7. The van der Waals surface area contributed by atoms with Gasteiger partial charge < -0.3 is 15.1 Å². The summed E-state index contributed by atoms with van der Waals surface area (Å²) < 4.78 is 1.74. The number of hydrogen-bond donors (Lipinski definition) is 2. The van der Waals surface area contributed by atoms with E-state index in [-0.39, 0.29) is 25.0 Å². The molecular weight excluding hydrogens is 590 g/mol. The van der Waals surface area contributed by atoms with E-state index in [2.05, 4.69) is 10.3 Å². The van der Waals surface area contributed by atoms with Gasteiger partial charge in [-0.1, -0.05) is 103 Å². The fourth-order valence-electron chi connectivity index (χ4n) is 6.15. The first-order valence-electron chi connectivity index (χ1n) is 15.7. The zero-order valence-electron chi connectivity index (χ0n) is 26.1. The third-order valence-corrected chi connectivity index (χ3v) is 8.78. The maximum atomic E-state index is 13.9. The number of carbonyl (C=O) groups is 2. The van der Waals surface area contributed by atoms with E-state index in [9.17, 15) is 19.8 Å². The molecule has 0 spiro atoms. The topological polar surface area (TPSA) is 112 Å². The maximum Gasteiger partial charge on any atom is 0.264 e. The minimum atomic E-state index is -1.72. The Morgan fingerprint density at radius 1 is 0.894 bits per heavy atom. The van der Waals surface area contributed by atoms with E-state index in [0.29, 0.717) is 35.6 Å². The lowest BCUT2D eigenvalue weighted by molar-refractivity contribution is -0.139. The minimum Gasteiger partial charge on any atom is -0.395 e. The van der Waals surface area contributed by atoms with E-state index in [1.165, 1.54) is 0 Å². The maximum absolute atomic E-state index is 13.9. The number of aliphatic hydroxyl groups excluding tert-OH is 1. The van der Waals surface area contributed by atoms with Crippen molar-refractivity contribution in [1.29, 1.82) is 0 Å². The number of nitrogens with zero attached hydrogens (tertiary/aromatic N) is 5. The lowest BCUT2D eigenvalue weighted by atomic mass is 9.83. The first-order chi connectivity index (χ1) is 22.9. The van der Waals surface area contributed by atoms with Crippen LogP contribution in [0.4, 0.5) is 17.1 Å². The number of carbonyl (C=O) groups excluding carboxylic acids is 2. The summed E-state index contributed by atoms with van der Waals surface area (Å²) in [6, 6.07) is 34.0. The van der Waals surface area contributed by atoms with E-state index in [0.717, 1.165) is 23.2 Å². The number of benzene rings is 4. The number of anilines is 3. The van der Waals surface area contributed by atoms with Crippen molar-refractivity contribution in [2.75, 3.05) is 16.4 Å². The Morgan fingerprint density at radius 3 is 2.26 bits per heavy atom. The number of fused-ring (bicyclic) bond motifs is 1. The number of allylic oxidation sites excluding steroid dienone is 1. The Hall–Kier alpha value is -5.38. The highest BCUT2D eigenvalue weighted by Crippen LogP contribution is 2.45. The summed E-state index contributed by atoms with van der Waals surface area (Å²) in [5.74, 6) is -1.13. The minimum absolute atomic E-state index is 0.0659. The smallest absolute Gasteiger partial charge is 0.264 e. The Balaban J connectivity index is 1.12. The average molecular weight is 628 g/mol. The van der Waals surface area contributed by atoms with Crippen molar-refractivity contribution in [3.05, 3.63) is 150 Å². The normalized spacial score (nSPS) is 17.1. The summed E-state index contributed by atoms with van der Waals surface area (Å²) >= 11 is 0. The van der Waals surface area contributed by atoms with Crippen LogP contribution in [0.25, 0.3) is 0 Å². The molecule has 9 heteroatoms. The van der Waals surface area contributed by atoms with Gasteiger partial charge in [-0.3, -0.25) is 19.2 Å². The highest BCUT2D eigenvalue weighted by atomic mass is 16.3. The van der Waals surface area contributed by atoms with E-state index < -0.39 is 11.5 Å². The van der Waals surface area contributed by atoms with Crippen LogP contribution in [0.1, 0.15) is 41.6 Å². The molecule has 0 bridgehead atoms. The summed E-state index contributed by atoms with van der Waals surface area (Å²) in [6.45, 7) is 2.61. The number of aryl methyl sites for hydroxylation is 1. The molecule has 2 N–H and O–H groups in total. The van der Waals surface area contributed by atoms with Crippen molar-refractivity contribution >= 4 is 29.4 Å². The van der Waals surface area contributed by atoms with Gasteiger partial charge in [-0.05, 0) is 47.9 Å². The Morgan fingerprint density at radius 2 is 1.55 bits per heavy atom. The van der Waals surface area contributed by atoms with Gasteiger partial charge in [-0.25, -0.2) is 0 Å². The van der Waals surface area contributed by atoms with Gasteiger partial charge in [-0.2, -0.15) is 0 Å². The molecule has 1 aliphatic rings. The SMILES string of the molecule is C[C@H](/C=C/CCn1cc(C(CO)c2ccccc2)nn1)[C@@]1(O)C(=O)N(Cc2ccc(N(C=O)c3ccccc3)cc2)c2ccccc21. The summed E-state index contributed by atoms with van der Waals surface area (Å²) in [5, 5.41) is 30.5. The number of hydrogen-bond acceptors (Lipinski definition) is 6. The summed E-state index contributed by atoms with van der Waals surface area (Å²) in [5.41, 5.74) is 3.54. The van der Waals surface area contributed by atoms with Gasteiger partial charge in [0.2, 0.25) is 6.41 Å². The van der Waals surface area contributed by atoms with Crippen LogP contribution >= 0.6 is 0 Å². The van der Waals surface area contributed by atoms with Crippen molar-refractivity contribution < 1.29 is 19.8 Å². The molecule has 1 unspecified atom stereocenters. The lowest BCUT2D eigenvalue weighted by Gasteiger charge is -2.27. The van der Waals surface area contributed by atoms with E-state index in [1.54, 1.807) is 14.5 Å². The van der Waals surface area contributed by atoms with Crippen molar-refractivity contribution in [2.45, 2.75) is 38.0 Å². The van der Waals surface area contributed by atoms with Crippen LogP contribution in [-0.4, -0.2) is 44.1 Å². The summed E-state index contributed by atoms with van der Waals surface area (Å²) in [6.07, 6.45) is 7.07. The third kappa shape index (κ3) is 6.36. The molecule has 6 rings (SSSR count). The Bertz CT molecular complexity index is 1840. The van der Waals surface area contributed by atoms with Crippen molar-refractivity contribution in [2.24, 2.45) is 5.92 Å². The molecule has 47 heavy (non-hydrogen) atoms. The van der Waals surface area contributed by atoms with Gasteiger partial charge in [0.1, 0.15) is 0 Å². The second-order valence-corrected chi connectivity index (χ2v) is 11.7. The molecule has 2 amide bonds. The van der Waals surface area contributed by atoms with Crippen LogP contribution < -0.4 is 9.80 Å².